The lowest BCUT2D eigenvalue weighted by Crippen LogP contribution is -2.37. The molecule has 0 aromatic heterocycles. The number of hydrogen-bond donors (Lipinski definition) is 0. The van der Waals surface area contributed by atoms with Crippen molar-refractivity contribution in [3.8, 4) is 0 Å². The van der Waals surface area contributed by atoms with Gasteiger partial charge in [0, 0.05) is 12.1 Å². The second kappa shape index (κ2) is 2.88. The van der Waals surface area contributed by atoms with Gasteiger partial charge in [-0.05, 0) is 39.2 Å². The van der Waals surface area contributed by atoms with Crippen molar-refractivity contribution >= 4 is 0 Å². The summed E-state index contributed by atoms with van der Waals surface area (Å²) in [6.45, 7) is 7.12. The van der Waals surface area contributed by atoms with Crippen molar-refractivity contribution in [2.24, 2.45) is 0 Å². The van der Waals surface area contributed by atoms with Crippen LogP contribution in [0.4, 0.5) is 0 Å². The molecule has 2 aliphatic rings. The highest BCUT2D eigenvalue weighted by atomic mass is 15.2. The van der Waals surface area contributed by atoms with E-state index in [1.807, 2.05) is 0 Å². The van der Waals surface area contributed by atoms with E-state index >= 15 is 0 Å². The van der Waals surface area contributed by atoms with Crippen molar-refractivity contribution in [1.29, 1.82) is 0 Å². The van der Waals surface area contributed by atoms with Crippen LogP contribution in [-0.2, 0) is 0 Å². The lowest BCUT2D eigenvalue weighted by atomic mass is 9.90. The lowest BCUT2D eigenvalue weighted by molar-refractivity contribution is 0.189. The molecule has 1 heteroatoms. The maximum Gasteiger partial charge on any atom is 0.0248 e. The summed E-state index contributed by atoms with van der Waals surface area (Å²) in [7, 11) is 0. The third kappa shape index (κ3) is 1.03. The normalized spacial score (nSPS) is 39.3. The average molecular weight is 165 g/mol. The first-order valence-electron chi connectivity index (χ1n) is 5.20. The number of allylic oxidation sites excluding steroid dienone is 1. The first kappa shape index (κ1) is 8.31. The maximum absolute atomic E-state index is 2.70. The Labute approximate surface area is 75.4 Å². The number of rotatable bonds is 1. The Morgan fingerprint density at radius 3 is 3.00 bits per heavy atom. The molecular formula is C11H19N. The molecule has 0 N–H and O–H groups in total. The van der Waals surface area contributed by atoms with E-state index in [-0.39, 0.29) is 0 Å². The Bertz CT molecular complexity index is 207. The molecule has 0 amide bonds. The van der Waals surface area contributed by atoms with Gasteiger partial charge in [-0.1, -0.05) is 18.6 Å². The van der Waals surface area contributed by atoms with E-state index in [9.17, 15) is 0 Å². The first-order valence-corrected chi connectivity index (χ1v) is 5.20. The smallest absolute Gasteiger partial charge is 0.0248 e. The van der Waals surface area contributed by atoms with Gasteiger partial charge in [-0.3, -0.25) is 4.90 Å². The van der Waals surface area contributed by atoms with Crippen LogP contribution in [0, 0.1) is 0 Å². The highest BCUT2D eigenvalue weighted by molar-refractivity contribution is 5.19. The molecule has 2 aliphatic heterocycles. The van der Waals surface area contributed by atoms with Crippen molar-refractivity contribution in [3.05, 3.63) is 11.6 Å². The average Bonchev–Trinajstić information content (AvgIpc) is 2.58. The molecule has 0 aliphatic carbocycles. The quantitative estimate of drug-likeness (QED) is 0.540. The van der Waals surface area contributed by atoms with E-state index in [1.54, 1.807) is 5.57 Å². The lowest BCUT2D eigenvalue weighted by Gasteiger charge is -2.29. The fraction of sp³-hybridized carbons (Fsp3) is 0.818. The fourth-order valence-corrected chi connectivity index (χ4v) is 2.88. The summed E-state index contributed by atoms with van der Waals surface area (Å²) in [6.07, 6.45) is 7.85. The van der Waals surface area contributed by atoms with Crippen molar-refractivity contribution in [1.82, 2.24) is 4.90 Å². The molecule has 0 saturated carbocycles. The van der Waals surface area contributed by atoms with Crippen molar-refractivity contribution in [2.45, 2.75) is 45.1 Å². The Balaban J connectivity index is 2.20. The summed E-state index contributed by atoms with van der Waals surface area (Å²) in [5.74, 6) is 0. The van der Waals surface area contributed by atoms with Crippen LogP contribution >= 0.6 is 0 Å². The molecule has 0 aromatic rings. The highest BCUT2D eigenvalue weighted by Crippen LogP contribution is 2.43. The van der Waals surface area contributed by atoms with E-state index < -0.39 is 0 Å². The van der Waals surface area contributed by atoms with E-state index in [0.29, 0.717) is 5.54 Å². The maximum atomic E-state index is 2.70. The van der Waals surface area contributed by atoms with Crippen LogP contribution < -0.4 is 0 Å². The molecule has 2 heterocycles. The minimum absolute atomic E-state index is 0.585. The molecular weight excluding hydrogens is 146 g/mol. The summed E-state index contributed by atoms with van der Waals surface area (Å²) in [5.41, 5.74) is 2.25. The number of hydrogen-bond acceptors (Lipinski definition) is 1. The zero-order valence-corrected chi connectivity index (χ0v) is 8.27. The Kier molecular flexibility index (Phi) is 1.99. The zero-order valence-electron chi connectivity index (χ0n) is 8.27. The summed E-state index contributed by atoms with van der Waals surface area (Å²) >= 11 is 0. The van der Waals surface area contributed by atoms with Gasteiger partial charge in [0.25, 0.3) is 0 Å². The van der Waals surface area contributed by atoms with Gasteiger partial charge in [0.1, 0.15) is 0 Å². The second-order valence-corrected chi connectivity index (χ2v) is 4.23. The van der Waals surface area contributed by atoms with Crippen LogP contribution in [0.5, 0.6) is 0 Å². The largest absolute Gasteiger partial charge is 0.293 e. The highest BCUT2D eigenvalue weighted by Gasteiger charge is 2.44. The second-order valence-electron chi connectivity index (χ2n) is 4.23. The van der Waals surface area contributed by atoms with Crippen molar-refractivity contribution in [3.63, 3.8) is 0 Å². The third-order valence-corrected chi connectivity index (χ3v) is 3.76. The summed E-state index contributed by atoms with van der Waals surface area (Å²) in [4.78, 5) is 2.70. The topological polar surface area (TPSA) is 3.24 Å². The Hall–Kier alpha value is -0.300. The number of fused-ring (bicyclic) bond motifs is 1. The van der Waals surface area contributed by atoms with Crippen LogP contribution in [0.2, 0.25) is 0 Å². The molecule has 12 heavy (non-hydrogen) atoms. The third-order valence-electron chi connectivity index (χ3n) is 3.76. The predicted molar refractivity (Wildman–Crippen MR) is 52.2 cm³/mol. The first-order chi connectivity index (χ1) is 5.80. The van der Waals surface area contributed by atoms with Crippen molar-refractivity contribution in [2.75, 3.05) is 13.1 Å². The Morgan fingerprint density at radius 2 is 2.42 bits per heavy atom. The zero-order chi connectivity index (χ0) is 8.60. The molecule has 0 unspecified atom stereocenters. The molecule has 2 saturated heterocycles. The standard InChI is InChI=1S/C11H19N/c1-3-10-8-11(4-2)6-5-7-12(11)9-10/h3H,4-9H2,1-2H3/t11-/m0/s1. The van der Waals surface area contributed by atoms with Crippen LogP contribution in [0.25, 0.3) is 0 Å². The summed E-state index contributed by atoms with van der Waals surface area (Å²) < 4.78 is 0. The van der Waals surface area contributed by atoms with Crippen LogP contribution in [0.1, 0.15) is 39.5 Å². The molecule has 0 spiro atoms. The predicted octanol–water partition coefficient (Wildman–Crippen LogP) is 2.58. The van der Waals surface area contributed by atoms with Crippen LogP contribution in [-0.4, -0.2) is 23.5 Å². The number of nitrogens with zero attached hydrogens (tertiary/aromatic N) is 1. The fourth-order valence-electron chi connectivity index (χ4n) is 2.88. The molecule has 0 aromatic carbocycles. The van der Waals surface area contributed by atoms with Crippen molar-refractivity contribution < 1.29 is 0 Å². The van der Waals surface area contributed by atoms with Gasteiger partial charge in [-0.2, -0.15) is 0 Å². The molecule has 0 bridgehead atoms. The minimum atomic E-state index is 0.585. The van der Waals surface area contributed by atoms with Gasteiger partial charge >= 0.3 is 0 Å². The summed E-state index contributed by atoms with van der Waals surface area (Å²) in [6, 6.07) is 0. The molecule has 2 rings (SSSR count). The Morgan fingerprint density at radius 1 is 1.58 bits per heavy atom. The van der Waals surface area contributed by atoms with E-state index in [4.69, 9.17) is 0 Å². The summed E-state index contributed by atoms with van der Waals surface area (Å²) in [5, 5.41) is 0. The van der Waals surface area contributed by atoms with Gasteiger partial charge in [-0.25, -0.2) is 0 Å². The molecule has 68 valence electrons. The van der Waals surface area contributed by atoms with Crippen LogP contribution in [0.15, 0.2) is 11.6 Å². The van der Waals surface area contributed by atoms with Gasteiger partial charge in [-0.15, -0.1) is 0 Å². The molecule has 0 radical (unpaired) electrons. The molecule has 1 atom stereocenters. The van der Waals surface area contributed by atoms with Crippen LogP contribution in [0.3, 0.4) is 0 Å². The monoisotopic (exact) mass is 165 g/mol. The van der Waals surface area contributed by atoms with E-state index in [1.165, 1.54) is 38.8 Å². The van der Waals surface area contributed by atoms with Gasteiger partial charge in [0.05, 0.1) is 0 Å². The van der Waals surface area contributed by atoms with Gasteiger partial charge < -0.3 is 0 Å². The molecule has 1 nitrogen and oxygen atoms in total. The van der Waals surface area contributed by atoms with Gasteiger partial charge in [0.2, 0.25) is 0 Å². The van der Waals surface area contributed by atoms with E-state index in [0.717, 1.165) is 0 Å². The minimum Gasteiger partial charge on any atom is -0.293 e. The SMILES string of the molecule is CC=C1CN2CCC[C@@]2(CC)C1. The molecule has 2 fully saturated rings. The van der Waals surface area contributed by atoms with Gasteiger partial charge in [0.15, 0.2) is 0 Å². The van der Waals surface area contributed by atoms with E-state index in [2.05, 4.69) is 24.8 Å².